The fourth-order valence-corrected chi connectivity index (χ4v) is 3.38. The SMILES string of the molecule is CC(=O)N(CCCc1c(C)nc(N)[nH]c1=O)Cc1ccccn1.O=[N+]([O-])c1cc([N+](=O)[O-])c(O)c([N+](=O)[O-])c1. The van der Waals surface area contributed by atoms with E-state index in [-0.39, 0.29) is 17.4 Å². The molecule has 0 atom stereocenters. The van der Waals surface area contributed by atoms with Crippen LogP contribution in [0.3, 0.4) is 0 Å². The molecule has 0 aliphatic rings. The molecule has 17 heteroatoms. The fourth-order valence-electron chi connectivity index (χ4n) is 3.38. The van der Waals surface area contributed by atoms with Crippen LogP contribution in [0.25, 0.3) is 0 Å². The van der Waals surface area contributed by atoms with Gasteiger partial charge in [0, 0.05) is 30.9 Å². The van der Waals surface area contributed by atoms with Crippen molar-refractivity contribution in [3.05, 3.63) is 94.2 Å². The molecule has 3 aromatic rings. The summed E-state index contributed by atoms with van der Waals surface area (Å²) in [5.41, 5.74) is 4.37. The summed E-state index contributed by atoms with van der Waals surface area (Å²) in [5, 5.41) is 40.2. The van der Waals surface area contributed by atoms with Crippen molar-refractivity contribution in [2.75, 3.05) is 12.3 Å². The summed E-state index contributed by atoms with van der Waals surface area (Å²) >= 11 is 0. The zero-order chi connectivity index (χ0) is 29.3. The number of aromatic hydroxyl groups is 1. The highest BCUT2D eigenvalue weighted by atomic mass is 16.6. The predicted octanol–water partition coefficient (Wildman–Crippen LogP) is 2.15. The number of nitrogens with zero attached hydrogens (tertiary/aromatic N) is 6. The van der Waals surface area contributed by atoms with E-state index < -0.39 is 37.6 Å². The third-order valence-electron chi connectivity index (χ3n) is 5.28. The monoisotopic (exact) mass is 544 g/mol. The molecule has 39 heavy (non-hydrogen) atoms. The molecule has 3 rings (SSSR count). The predicted molar refractivity (Wildman–Crippen MR) is 136 cm³/mol. The average Bonchev–Trinajstić information content (AvgIpc) is 2.85. The van der Waals surface area contributed by atoms with Gasteiger partial charge in [-0.05, 0) is 31.9 Å². The Balaban J connectivity index is 0.000000293. The van der Waals surface area contributed by atoms with Crippen LogP contribution in [0.4, 0.5) is 23.0 Å². The largest absolute Gasteiger partial charge is 0.497 e. The molecule has 0 aliphatic heterocycles. The highest BCUT2D eigenvalue weighted by Crippen LogP contribution is 2.38. The van der Waals surface area contributed by atoms with Crippen LogP contribution < -0.4 is 11.3 Å². The summed E-state index contributed by atoms with van der Waals surface area (Å²) in [6.07, 6.45) is 2.92. The number of nitrogens with one attached hydrogen (secondary N) is 1. The lowest BCUT2D eigenvalue weighted by molar-refractivity contribution is -0.404. The number of nitrogen functional groups attached to an aromatic ring is 1. The number of amides is 1. The number of benzene rings is 1. The highest BCUT2D eigenvalue weighted by molar-refractivity contribution is 5.73. The number of nitro benzene ring substituents is 3. The van der Waals surface area contributed by atoms with Crippen molar-refractivity contribution < 1.29 is 24.7 Å². The van der Waals surface area contributed by atoms with Crippen molar-refractivity contribution in [1.82, 2.24) is 19.9 Å². The van der Waals surface area contributed by atoms with Gasteiger partial charge >= 0.3 is 11.4 Å². The number of rotatable bonds is 9. The third-order valence-corrected chi connectivity index (χ3v) is 5.28. The Morgan fingerprint density at radius 1 is 1.10 bits per heavy atom. The van der Waals surface area contributed by atoms with E-state index >= 15 is 0 Å². The first-order valence-corrected chi connectivity index (χ1v) is 11.1. The molecule has 0 bridgehead atoms. The molecule has 0 spiro atoms. The lowest BCUT2D eigenvalue weighted by atomic mass is 10.1. The van der Waals surface area contributed by atoms with E-state index in [4.69, 9.17) is 10.8 Å². The first kappa shape index (κ1) is 29.7. The molecule has 1 aromatic carbocycles. The number of anilines is 1. The lowest BCUT2D eigenvalue weighted by Gasteiger charge is -2.20. The van der Waals surface area contributed by atoms with Gasteiger partial charge < -0.3 is 15.7 Å². The number of hydrogen-bond donors (Lipinski definition) is 3. The maximum Gasteiger partial charge on any atom is 0.324 e. The molecule has 1 amide bonds. The Morgan fingerprint density at radius 2 is 1.72 bits per heavy atom. The second-order valence-corrected chi connectivity index (χ2v) is 7.98. The average molecular weight is 544 g/mol. The Hall–Kier alpha value is -5.48. The van der Waals surface area contributed by atoms with Crippen LogP contribution in [0.15, 0.2) is 41.3 Å². The van der Waals surface area contributed by atoms with Crippen LogP contribution >= 0.6 is 0 Å². The number of carbonyl (C=O) groups excluding carboxylic acids is 1. The number of aromatic nitrogens is 3. The first-order chi connectivity index (χ1) is 18.3. The van der Waals surface area contributed by atoms with Gasteiger partial charge in [-0.15, -0.1) is 0 Å². The van der Waals surface area contributed by atoms with Gasteiger partial charge in [0.1, 0.15) is 0 Å². The Bertz CT molecular complexity index is 1410. The molecule has 0 unspecified atom stereocenters. The minimum absolute atomic E-state index is 0.0169. The van der Waals surface area contributed by atoms with Gasteiger partial charge in [-0.2, -0.15) is 0 Å². The quantitative estimate of drug-likeness (QED) is 0.259. The second-order valence-electron chi connectivity index (χ2n) is 7.98. The van der Waals surface area contributed by atoms with E-state index in [1.54, 1.807) is 18.0 Å². The Kier molecular flexibility index (Phi) is 10.0. The molecule has 0 radical (unpaired) electrons. The van der Waals surface area contributed by atoms with Crippen LogP contribution in [0.5, 0.6) is 5.75 Å². The van der Waals surface area contributed by atoms with Gasteiger partial charge in [0.2, 0.25) is 11.9 Å². The molecule has 4 N–H and O–H groups in total. The third kappa shape index (κ3) is 8.27. The molecule has 2 heterocycles. The van der Waals surface area contributed by atoms with Crippen LogP contribution in [-0.2, 0) is 17.8 Å². The van der Waals surface area contributed by atoms with Gasteiger partial charge in [0.05, 0.1) is 39.1 Å². The smallest absolute Gasteiger partial charge is 0.324 e. The number of phenols is 1. The lowest BCUT2D eigenvalue weighted by Crippen LogP contribution is -2.30. The number of nitro groups is 3. The summed E-state index contributed by atoms with van der Waals surface area (Å²) in [5.74, 6) is -1.10. The van der Waals surface area contributed by atoms with Crippen molar-refractivity contribution in [2.45, 2.75) is 33.2 Å². The fraction of sp³-hybridized carbons (Fsp3) is 0.273. The van der Waals surface area contributed by atoms with E-state index in [9.17, 15) is 39.9 Å². The number of carbonyl (C=O) groups is 1. The van der Waals surface area contributed by atoms with Crippen LogP contribution in [-0.4, -0.2) is 52.2 Å². The van der Waals surface area contributed by atoms with Crippen molar-refractivity contribution in [3.63, 3.8) is 0 Å². The van der Waals surface area contributed by atoms with E-state index in [2.05, 4.69) is 15.0 Å². The van der Waals surface area contributed by atoms with Gasteiger partial charge in [-0.25, -0.2) is 4.98 Å². The van der Waals surface area contributed by atoms with Crippen molar-refractivity contribution in [2.24, 2.45) is 0 Å². The first-order valence-electron chi connectivity index (χ1n) is 11.1. The van der Waals surface area contributed by atoms with Crippen LogP contribution in [0, 0.1) is 37.3 Å². The number of non-ortho nitro benzene ring substituents is 1. The van der Waals surface area contributed by atoms with Gasteiger partial charge in [0.25, 0.3) is 17.0 Å². The molecule has 0 fully saturated rings. The highest BCUT2D eigenvalue weighted by Gasteiger charge is 2.30. The van der Waals surface area contributed by atoms with Crippen molar-refractivity contribution in [3.8, 4) is 5.75 Å². The Morgan fingerprint density at radius 3 is 2.18 bits per heavy atom. The van der Waals surface area contributed by atoms with Crippen LogP contribution in [0.2, 0.25) is 0 Å². The van der Waals surface area contributed by atoms with E-state index in [0.717, 1.165) is 5.69 Å². The molecule has 17 nitrogen and oxygen atoms in total. The van der Waals surface area contributed by atoms with Crippen molar-refractivity contribution in [1.29, 1.82) is 0 Å². The molecule has 206 valence electrons. The van der Waals surface area contributed by atoms with Crippen LogP contribution in [0.1, 0.15) is 30.3 Å². The van der Waals surface area contributed by atoms with E-state index in [0.29, 0.717) is 49.3 Å². The standard InChI is InChI=1S/C16H21N5O2.C6H3N3O7/c1-11-14(15(23)20-16(17)19-11)7-5-9-21(12(2)22)10-13-6-3-4-8-18-13;10-6-4(8(13)14)1-3(7(11)12)2-5(6)9(15)16/h3-4,6,8H,5,7,9-10H2,1-2H3,(H3,17,19,20,23);1-2,10H. The number of H-pyrrole nitrogens is 1. The molecular formula is C22H24N8O9. The summed E-state index contributed by atoms with van der Waals surface area (Å²) in [4.78, 5) is 64.0. The number of nitrogens with two attached hydrogens (primary N) is 1. The van der Waals surface area contributed by atoms with Gasteiger partial charge in [-0.1, -0.05) is 6.07 Å². The second kappa shape index (κ2) is 13.2. The number of pyridine rings is 1. The zero-order valence-corrected chi connectivity index (χ0v) is 20.8. The summed E-state index contributed by atoms with van der Waals surface area (Å²) in [7, 11) is 0. The summed E-state index contributed by atoms with van der Waals surface area (Å²) < 4.78 is 0. The number of hydrogen-bond acceptors (Lipinski definition) is 12. The van der Waals surface area contributed by atoms with Gasteiger partial charge in [0.15, 0.2) is 0 Å². The van der Waals surface area contributed by atoms with E-state index in [1.165, 1.54) is 6.92 Å². The summed E-state index contributed by atoms with van der Waals surface area (Å²) in [6.45, 7) is 4.31. The molecular weight excluding hydrogens is 520 g/mol. The molecule has 0 aliphatic carbocycles. The topological polar surface area (TPSA) is 255 Å². The minimum atomic E-state index is -1.21. The van der Waals surface area contributed by atoms with E-state index in [1.807, 2.05) is 18.2 Å². The number of phenolic OH excluding ortho intramolecular Hbond substituents is 1. The number of aryl methyl sites for hydroxylation is 1. The summed E-state index contributed by atoms with van der Waals surface area (Å²) in [6, 6.07) is 6.51. The number of aromatic amines is 1. The molecule has 0 saturated heterocycles. The normalized spacial score (nSPS) is 10.2. The van der Waals surface area contributed by atoms with Gasteiger partial charge in [-0.3, -0.25) is 49.9 Å². The maximum atomic E-state index is 11.9. The maximum absolute atomic E-state index is 11.9. The molecule has 0 saturated carbocycles. The van der Waals surface area contributed by atoms with Crippen molar-refractivity contribution >= 4 is 28.9 Å². The zero-order valence-electron chi connectivity index (χ0n) is 20.8. The minimum Gasteiger partial charge on any atom is -0.497 e. The molecule has 2 aromatic heterocycles. The Labute approximate surface area is 219 Å².